The minimum absolute atomic E-state index is 0.0830. The van der Waals surface area contributed by atoms with Crippen molar-refractivity contribution in [3.63, 3.8) is 0 Å². The number of likely N-dealkylation sites (N-methyl/N-ethyl adjacent to an activating group) is 1. The summed E-state index contributed by atoms with van der Waals surface area (Å²) in [6.07, 6.45) is 2.88. The number of nitrogens with one attached hydrogen (secondary N) is 1. The van der Waals surface area contributed by atoms with Crippen LogP contribution in [-0.2, 0) is 4.79 Å². The number of rotatable bonds is 5. The summed E-state index contributed by atoms with van der Waals surface area (Å²) in [6, 6.07) is -0.517. The van der Waals surface area contributed by atoms with Crippen LogP contribution in [0.15, 0.2) is 0 Å². The van der Waals surface area contributed by atoms with E-state index in [0.29, 0.717) is 12.5 Å². The van der Waals surface area contributed by atoms with Crippen molar-refractivity contribution in [1.29, 1.82) is 0 Å². The number of hydrogen-bond acceptors (Lipinski definition) is 3. The molecule has 0 aromatic rings. The number of aliphatic hydroxyl groups excluding tert-OH is 1. The number of carboxylic acid groups (broad SMARTS) is 1. The van der Waals surface area contributed by atoms with E-state index in [1.165, 1.54) is 4.90 Å². The Bertz CT molecular complexity index is 361. The first kappa shape index (κ1) is 14.1. The lowest BCUT2D eigenvalue weighted by atomic mass is 9.84. The van der Waals surface area contributed by atoms with Gasteiger partial charge in [-0.15, -0.1) is 0 Å². The third kappa shape index (κ3) is 2.68. The molecule has 2 saturated carbocycles. The van der Waals surface area contributed by atoms with E-state index in [2.05, 4.69) is 5.32 Å². The summed E-state index contributed by atoms with van der Waals surface area (Å²) in [5, 5.41) is 21.1. The van der Waals surface area contributed by atoms with Crippen LogP contribution in [0.3, 0.4) is 0 Å². The number of hydrogen-bond donors (Lipinski definition) is 3. The van der Waals surface area contributed by atoms with Crippen LogP contribution in [-0.4, -0.2) is 52.9 Å². The molecule has 2 bridgehead atoms. The van der Waals surface area contributed by atoms with E-state index in [9.17, 15) is 14.7 Å². The van der Waals surface area contributed by atoms with Crippen molar-refractivity contribution in [2.75, 3.05) is 19.7 Å². The summed E-state index contributed by atoms with van der Waals surface area (Å²) < 4.78 is 0. The standard InChI is InChI=1S/C13H22N2O4/c1-2-15(5-6-16)13(19)14-11-9-4-3-8(7-9)10(11)12(17)18/h8-11,16H,2-7H2,1H3,(H,14,19)(H,17,18). The van der Waals surface area contributed by atoms with Crippen LogP contribution in [0.4, 0.5) is 4.79 Å². The minimum atomic E-state index is -0.803. The van der Waals surface area contributed by atoms with Crippen molar-refractivity contribution in [3.05, 3.63) is 0 Å². The van der Waals surface area contributed by atoms with Gasteiger partial charge in [0.15, 0.2) is 0 Å². The topological polar surface area (TPSA) is 89.9 Å². The number of amides is 2. The fourth-order valence-corrected chi connectivity index (χ4v) is 3.61. The summed E-state index contributed by atoms with van der Waals surface area (Å²) in [5.41, 5.74) is 0. The number of nitrogens with zero attached hydrogens (tertiary/aromatic N) is 1. The van der Waals surface area contributed by atoms with E-state index in [4.69, 9.17) is 5.11 Å². The summed E-state index contributed by atoms with van der Waals surface area (Å²) >= 11 is 0. The van der Waals surface area contributed by atoms with Crippen LogP contribution >= 0.6 is 0 Å². The van der Waals surface area contributed by atoms with Crippen LogP contribution in [0.5, 0.6) is 0 Å². The molecule has 6 heteroatoms. The Balaban J connectivity index is 2.01. The first-order valence-corrected chi connectivity index (χ1v) is 6.97. The van der Waals surface area contributed by atoms with Gasteiger partial charge in [0, 0.05) is 19.1 Å². The van der Waals surface area contributed by atoms with Gasteiger partial charge in [0.1, 0.15) is 0 Å². The molecular weight excluding hydrogens is 248 g/mol. The summed E-state index contributed by atoms with van der Waals surface area (Å²) in [4.78, 5) is 24.9. The maximum Gasteiger partial charge on any atom is 0.317 e. The summed E-state index contributed by atoms with van der Waals surface area (Å²) in [7, 11) is 0. The number of aliphatic hydroxyl groups is 1. The largest absolute Gasteiger partial charge is 0.481 e. The predicted octanol–water partition coefficient (Wildman–Crippen LogP) is 0.509. The zero-order valence-electron chi connectivity index (χ0n) is 11.2. The highest BCUT2D eigenvalue weighted by atomic mass is 16.4. The fourth-order valence-electron chi connectivity index (χ4n) is 3.61. The molecule has 2 fully saturated rings. The van der Waals surface area contributed by atoms with Crippen LogP contribution in [0.25, 0.3) is 0 Å². The molecule has 108 valence electrons. The van der Waals surface area contributed by atoms with Gasteiger partial charge in [-0.2, -0.15) is 0 Å². The van der Waals surface area contributed by atoms with E-state index in [-0.39, 0.29) is 31.1 Å². The number of carboxylic acids is 1. The quantitative estimate of drug-likeness (QED) is 0.679. The van der Waals surface area contributed by atoms with Gasteiger partial charge in [-0.1, -0.05) is 0 Å². The fraction of sp³-hybridized carbons (Fsp3) is 0.846. The first-order valence-electron chi connectivity index (χ1n) is 6.97. The zero-order chi connectivity index (χ0) is 14.0. The van der Waals surface area contributed by atoms with Crippen molar-refractivity contribution in [3.8, 4) is 0 Å². The molecule has 0 heterocycles. The van der Waals surface area contributed by atoms with Crippen LogP contribution < -0.4 is 5.32 Å². The second kappa shape index (κ2) is 5.77. The van der Waals surface area contributed by atoms with E-state index in [0.717, 1.165) is 19.3 Å². The molecule has 0 aliphatic heterocycles. The van der Waals surface area contributed by atoms with E-state index in [1.54, 1.807) is 0 Å². The summed E-state index contributed by atoms with van der Waals surface area (Å²) in [6.45, 7) is 2.54. The van der Waals surface area contributed by atoms with Gasteiger partial charge in [-0.25, -0.2) is 4.79 Å². The smallest absolute Gasteiger partial charge is 0.317 e. The van der Waals surface area contributed by atoms with Crippen LogP contribution in [0, 0.1) is 17.8 Å². The van der Waals surface area contributed by atoms with Gasteiger partial charge in [-0.3, -0.25) is 4.79 Å². The maximum atomic E-state index is 12.1. The third-order valence-electron chi connectivity index (χ3n) is 4.53. The highest BCUT2D eigenvalue weighted by Gasteiger charge is 2.51. The van der Waals surface area contributed by atoms with Crippen molar-refractivity contribution in [1.82, 2.24) is 10.2 Å². The van der Waals surface area contributed by atoms with Crippen molar-refractivity contribution in [2.24, 2.45) is 17.8 Å². The number of fused-ring (bicyclic) bond motifs is 2. The van der Waals surface area contributed by atoms with E-state index >= 15 is 0 Å². The molecule has 0 radical (unpaired) electrons. The van der Waals surface area contributed by atoms with Gasteiger partial charge >= 0.3 is 12.0 Å². The third-order valence-corrected chi connectivity index (χ3v) is 4.53. The summed E-state index contributed by atoms with van der Waals surface area (Å²) in [5.74, 6) is -0.748. The second-order valence-electron chi connectivity index (χ2n) is 5.48. The lowest BCUT2D eigenvalue weighted by molar-refractivity contribution is -0.144. The predicted molar refractivity (Wildman–Crippen MR) is 68.6 cm³/mol. The Morgan fingerprint density at radius 2 is 2.00 bits per heavy atom. The SMILES string of the molecule is CCN(CCO)C(=O)NC1C2CCC(C2)C1C(=O)O. The highest BCUT2D eigenvalue weighted by Crippen LogP contribution is 2.48. The Morgan fingerprint density at radius 1 is 1.32 bits per heavy atom. The van der Waals surface area contributed by atoms with Crippen LogP contribution in [0.1, 0.15) is 26.2 Å². The Morgan fingerprint density at radius 3 is 2.58 bits per heavy atom. The number of aliphatic carboxylic acids is 1. The Kier molecular flexibility index (Phi) is 4.29. The molecule has 4 unspecified atom stereocenters. The molecular formula is C13H22N2O4. The van der Waals surface area contributed by atoms with Gasteiger partial charge in [0.25, 0.3) is 0 Å². The highest BCUT2D eigenvalue weighted by molar-refractivity contribution is 5.77. The number of carbonyl (C=O) groups excluding carboxylic acids is 1. The van der Waals surface area contributed by atoms with Gasteiger partial charge in [0.2, 0.25) is 0 Å². The molecule has 2 aliphatic rings. The van der Waals surface area contributed by atoms with Gasteiger partial charge in [-0.05, 0) is 38.0 Å². The van der Waals surface area contributed by atoms with Gasteiger partial charge in [0.05, 0.1) is 12.5 Å². The number of carbonyl (C=O) groups is 2. The van der Waals surface area contributed by atoms with Crippen LogP contribution in [0.2, 0.25) is 0 Å². The zero-order valence-corrected chi connectivity index (χ0v) is 11.2. The van der Waals surface area contributed by atoms with Crippen molar-refractivity contribution in [2.45, 2.75) is 32.2 Å². The average Bonchev–Trinajstić information content (AvgIpc) is 2.96. The normalized spacial score (nSPS) is 32.3. The molecule has 2 aliphatic carbocycles. The molecule has 0 aromatic heterocycles. The molecule has 3 N–H and O–H groups in total. The Hall–Kier alpha value is -1.30. The molecule has 19 heavy (non-hydrogen) atoms. The monoisotopic (exact) mass is 270 g/mol. The average molecular weight is 270 g/mol. The second-order valence-corrected chi connectivity index (χ2v) is 5.48. The molecule has 0 aromatic carbocycles. The first-order chi connectivity index (χ1) is 9.08. The van der Waals surface area contributed by atoms with Crippen molar-refractivity contribution >= 4 is 12.0 Å². The lowest BCUT2D eigenvalue weighted by Gasteiger charge is -2.31. The lowest BCUT2D eigenvalue weighted by Crippen LogP contribution is -2.51. The molecule has 4 atom stereocenters. The van der Waals surface area contributed by atoms with Crippen molar-refractivity contribution < 1.29 is 19.8 Å². The molecule has 6 nitrogen and oxygen atoms in total. The van der Waals surface area contributed by atoms with Gasteiger partial charge < -0.3 is 20.4 Å². The van der Waals surface area contributed by atoms with E-state index in [1.807, 2.05) is 6.92 Å². The van der Waals surface area contributed by atoms with E-state index < -0.39 is 11.9 Å². The molecule has 0 saturated heterocycles. The molecule has 2 amide bonds. The molecule has 2 rings (SSSR count). The minimum Gasteiger partial charge on any atom is -0.481 e. The number of urea groups is 1. The molecule has 0 spiro atoms. The Labute approximate surface area is 112 Å². The maximum absolute atomic E-state index is 12.1.